The van der Waals surface area contributed by atoms with Crippen molar-refractivity contribution in [3.05, 3.63) is 29.8 Å². The molecule has 2 aliphatic heterocycles. The molecule has 5 heteroatoms. The van der Waals surface area contributed by atoms with E-state index in [1.807, 2.05) is 19.1 Å². The summed E-state index contributed by atoms with van der Waals surface area (Å²) in [5, 5.41) is 0. The number of fused-ring (bicyclic) bond motifs is 1. The van der Waals surface area contributed by atoms with Gasteiger partial charge in [0.15, 0.2) is 0 Å². The Kier molecular flexibility index (Phi) is 6.92. The number of piperidine rings is 2. The largest absolute Gasteiger partial charge is 0.497 e. The molecule has 0 N–H and O–H groups in total. The third kappa shape index (κ3) is 4.77. The Balaban J connectivity index is 1.53. The van der Waals surface area contributed by atoms with Crippen LogP contribution in [0.1, 0.15) is 38.2 Å². The van der Waals surface area contributed by atoms with Gasteiger partial charge in [0.25, 0.3) is 0 Å². The number of hydrogen-bond donors (Lipinski definition) is 0. The summed E-state index contributed by atoms with van der Waals surface area (Å²) in [7, 11) is 1.70. The van der Waals surface area contributed by atoms with Gasteiger partial charge in [-0.1, -0.05) is 12.1 Å². The van der Waals surface area contributed by atoms with Crippen molar-refractivity contribution in [1.82, 2.24) is 9.80 Å². The van der Waals surface area contributed by atoms with Crippen LogP contribution in [0.25, 0.3) is 0 Å². The molecule has 0 radical (unpaired) electrons. The van der Waals surface area contributed by atoms with E-state index in [4.69, 9.17) is 9.47 Å². The first-order valence-electron chi connectivity index (χ1n) is 9.93. The number of ether oxygens (including phenoxy) is 2. The summed E-state index contributed by atoms with van der Waals surface area (Å²) >= 11 is 0. The van der Waals surface area contributed by atoms with Crippen molar-refractivity contribution in [1.29, 1.82) is 0 Å². The quantitative estimate of drug-likeness (QED) is 0.669. The molecule has 2 fully saturated rings. The van der Waals surface area contributed by atoms with E-state index in [2.05, 4.69) is 21.9 Å². The number of hydrogen-bond acceptors (Lipinski definition) is 4. The van der Waals surface area contributed by atoms with Gasteiger partial charge in [-0.15, -0.1) is 0 Å². The average Bonchev–Trinajstić information content (AvgIpc) is 2.67. The number of rotatable bonds is 8. The minimum Gasteiger partial charge on any atom is -0.497 e. The van der Waals surface area contributed by atoms with E-state index in [0.717, 1.165) is 64.4 Å². The molecule has 2 atom stereocenters. The molecule has 5 nitrogen and oxygen atoms in total. The van der Waals surface area contributed by atoms with Crippen LogP contribution in [0.15, 0.2) is 24.3 Å². The van der Waals surface area contributed by atoms with Crippen molar-refractivity contribution in [3.63, 3.8) is 0 Å². The molecule has 144 valence electrons. The van der Waals surface area contributed by atoms with Crippen LogP contribution in [0.3, 0.4) is 0 Å². The molecule has 3 rings (SSSR count). The molecule has 2 aliphatic rings. The van der Waals surface area contributed by atoms with Crippen LogP contribution in [-0.2, 0) is 16.1 Å². The second-order valence-corrected chi connectivity index (χ2v) is 7.38. The van der Waals surface area contributed by atoms with Crippen LogP contribution in [0.4, 0.5) is 0 Å². The van der Waals surface area contributed by atoms with E-state index in [0.29, 0.717) is 24.3 Å². The fourth-order valence-electron chi connectivity index (χ4n) is 4.33. The number of methoxy groups -OCH3 is 1. The maximum Gasteiger partial charge on any atom is 0.222 e. The van der Waals surface area contributed by atoms with Crippen LogP contribution < -0.4 is 4.74 Å². The number of carbonyl (C=O) groups excluding carboxylic acids is 1. The second-order valence-electron chi connectivity index (χ2n) is 7.38. The zero-order chi connectivity index (χ0) is 18.4. The molecule has 2 saturated heterocycles. The van der Waals surface area contributed by atoms with Gasteiger partial charge >= 0.3 is 0 Å². The van der Waals surface area contributed by atoms with Crippen LogP contribution in [0.5, 0.6) is 5.75 Å². The third-order valence-electron chi connectivity index (χ3n) is 5.68. The molecular formula is C21H32N2O3. The van der Waals surface area contributed by atoms with Crippen molar-refractivity contribution in [2.75, 3.05) is 40.0 Å². The Morgan fingerprint density at radius 3 is 2.73 bits per heavy atom. The minimum absolute atomic E-state index is 0.339. The summed E-state index contributed by atoms with van der Waals surface area (Å²) in [6.07, 6.45) is 3.76. The molecule has 0 aromatic heterocycles. The highest BCUT2D eigenvalue weighted by atomic mass is 16.5. The minimum atomic E-state index is 0.339. The van der Waals surface area contributed by atoms with Crippen LogP contribution >= 0.6 is 0 Å². The topological polar surface area (TPSA) is 42.0 Å². The Labute approximate surface area is 157 Å². The van der Waals surface area contributed by atoms with Crippen LogP contribution in [0, 0.1) is 5.92 Å². The standard InChI is InChI=1S/C21H32N2O3/c1-3-26-14-4-12-23-20-11-13-22(16-18(20)7-10-21(23)24)15-17-5-8-19(25-2)9-6-17/h5-6,8-9,18,20H,3-4,7,10-16H2,1-2H3/t18-,20+/m1/s1. The molecular weight excluding hydrogens is 328 g/mol. The molecule has 26 heavy (non-hydrogen) atoms. The summed E-state index contributed by atoms with van der Waals surface area (Å²) < 4.78 is 10.7. The van der Waals surface area contributed by atoms with Gasteiger partial charge in [-0.25, -0.2) is 0 Å². The number of amides is 1. The number of carbonyl (C=O) groups is 1. The van der Waals surface area contributed by atoms with E-state index < -0.39 is 0 Å². The van der Waals surface area contributed by atoms with E-state index in [9.17, 15) is 4.79 Å². The lowest BCUT2D eigenvalue weighted by Crippen LogP contribution is -2.56. The normalized spacial score (nSPS) is 23.8. The molecule has 2 heterocycles. The van der Waals surface area contributed by atoms with Crippen molar-refractivity contribution >= 4 is 5.91 Å². The monoisotopic (exact) mass is 360 g/mol. The first kappa shape index (κ1) is 19.2. The smallest absolute Gasteiger partial charge is 0.222 e. The SMILES string of the molecule is CCOCCCN1C(=O)CC[C@@H]2CN(Cc3ccc(OC)cc3)CC[C@@H]21. The van der Waals surface area contributed by atoms with Gasteiger partial charge in [-0.2, -0.15) is 0 Å². The van der Waals surface area contributed by atoms with Gasteiger partial charge in [-0.05, 0) is 49.8 Å². The van der Waals surface area contributed by atoms with Crippen LogP contribution in [0.2, 0.25) is 0 Å². The van der Waals surface area contributed by atoms with Crippen molar-refractivity contribution < 1.29 is 14.3 Å². The van der Waals surface area contributed by atoms with Crippen LogP contribution in [-0.4, -0.2) is 61.7 Å². The van der Waals surface area contributed by atoms with Gasteiger partial charge in [0, 0.05) is 51.9 Å². The first-order chi connectivity index (χ1) is 12.7. The second kappa shape index (κ2) is 9.38. The molecule has 1 amide bonds. The zero-order valence-electron chi connectivity index (χ0n) is 16.2. The molecule has 0 aliphatic carbocycles. The summed E-state index contributed by atoms with van der Waals surface area (Å²) in [6, 6.07) is 8.78. The van der Waals surface area contributed by atoms with Gasteiger partial charge in [0.2, 0.25) is 5.91 Å². The van der Waals surface area contributed by atoms with Crippen molar-refractivity contribution in [2.24, 2.45) is 5.92 Å². The van der Waals surface area contributed by atoms with Gasteiger partial charge in [0.05, 0.1) is 7.11 Å². The fraction of sp³-hybridized carbons (Fsp3) is 0.667. The van der Waals surface area contributed by atoms with E-state index >= 15 is 0 Å². The van der Waals surface area contributed by atoms with Gasteiger partial charge in [-0.3, -0.25) is 9.69 Å². The maximum atomic E-state index is 12.4. The molecule has 1 aromatic carbocycles. The van der Waals surface area contributed by atoms with Crippen molar-refractivity contribution in [3.8, 4) is 5.75 Å². The summed E-state index contributed by atoms with van der Waals surface area (Å²) in [4.78, 5) is 17.1. The predicted molar refractivity (Wildman–Crippen MR) is 102 cm³/mol. The lowest BCUT2D eigenvalue weighted by atomic mass is 9.83. The zero-order valence-corrected chi connectivity index (χ0v) is 16.2. The maximum absolute atomic E-state index is 12.4. The van der Waals surface area contributed by atoms with E-state index in [-0.39, 0.29) is 0 Å². The third-order valence-corrected chi connectivity index (χ3v) is 5.68. The number of benzene rings is 1. The Morgan fingerprint density at radius 1 is 1.19 bits per heavy atom. The molecule has 1 aromatic rings. The summed E-state index contributed by atoms with van der Waals surface area (Å²) in [5.74, 6) is 1.85. The van der Waals surface area contributed by atoms with E-state index in [1.54, 1.807) is 7.11 Å². The fourth-order valence-corrected chi connectivity index (χ4v) is 4.33. The van der Waals surface area contributed by atoms with Gasteiger partial charge < -0.3 is 14.4 Å². The molecule has 0 saturated carbocycles. The highest BCUT2D eigenvalue weighted by Crippen LogP contribution is 2.32. The van der Waals surface area contributed by atoms with Crippen molar-refractivity contribution in [2.45, 2.75) is 45.2 Å². The summed E-state index contributed by atoms with van der Waals surface area (Å²) in [6.45, 7) is 7.49. The Morgan fingerprint density at radius 2 is 2.00 bits per heavy atom. The van der Waals surface area contributed by atoms with E-state index in [1.165, 1.54) is 5.56 Å². The Hall–Kier alpha value is -1.59. The average molecular weight is 360 g/mol. The predicted octanol–water partition coefficient (Wildman–Crippen LogP) is 2.93. The number of likely N-dealkylation sites (tertiary alicyclic amines) is 2. The highest BCUT2D eigenvalue weighted by molar-refractivity contribution is 5.77. The lowest BCUT2D eigenvalue weighted by molar-refractivity contribution is -0.141. The number of nitrogens with zero attached hydrogens (tertiary/aromatic N) is 2. The highest BCUT2D eigenvalue weighted by Gasteiger charge is 2.38. The molecule has 0 unspecified atom stereocenters. The Bertz CT molecular complexity index is 575. The molecule has 0 spiro atoms. The first-order valence-corrected chi connectivity index (χ1v) is 9.93. The lowest BCUT2D eigenvalue weighted by Gasteiger charge is -2.47. The molecule has 0 bridgehead atoms. The van der Waals surface area contributed by atoms with Gasteiger partial charge in [0.1, 0.15) is 5.75 Å². The summed E-state index contributed by atoms with van der Waals surface area (Å²) in [5.41, 5.74) is 1.32.